The first kappa shape index (κ1) is 18.4. The van der Waals surface area contributed by atoms with E-state index < -0.39 is 6.23 Å². The molecule has 2 N–H and O–H groups in total. The summed E-state index contributed by atoms with van der Waals surface area (Å²) in [5, 5.41) is 0. The number of nitrogen functional groups attached to an aromatic ring is 1. The molecule has 3 unspecified atom stereocenters. The molecule has 4 atom stereocenters. The van der Waals surface area contributed by atoms with E-state index in [0.717, 1.165) is 12.0 Å². The number of aryl methyl sites for hydroxylation is 1. The third kappa shape index (κ3) is 3.10. The highest BCUT2D eigenvalue weighted by Gasteiger charge is 2.65. The first-order valence-corrected chi connectivity index (χ1v) is 8.99. The lowest BCUT2D eigenvalue weighted by atomic mass is 9.66. The molecule has 6 nitrogen and oxygen atoms in total. The largest absolute Gasteiger partial charge is 0.383 e. The van der Waals surface area contributed by atoms with E-state index in [-0.39, 0.29) is 40.0 Å². The topological polar surface area (TPSA) is 79.4 Å². The Morgan fingerprint density at radius 1 is 1.32 bits per heavy atom. The van der Waals surface area contributed by atoms with Crippen molar-refractivity contribution in [3.05, 3.63) is 22.2 Å². The van der Waals surface area contributed by atoms with Gasteiger partial charge < -0.3 is 15.2 Å². The molecule has 3 heterocycles. The van der Waals surface area contributed by atoms with Gasteiger partial charge in [-0.05, 0) is 24.2 Å². The van der Waals surface area contributed by atoms with Gasteiger partial charge in [-0.3, -0.25) is 4.57 Å². The predicted molar refractivity (Wildman–Crippen MR) is 97.3 cm³/mol. The molecule has 0 saturated carbocycles. The van der Waals surface area contributed by atoms with Gasteiger partial charge in [0.2, 0.25) is 0 Å². The molecule has 2 fully saturated rings. The van der Waals surface area contributed by atoms with Gasteiger partial charge in [0.05, 0.1) is 6.61 Å². The third-order valence-electron chi connectivity index (χ3n) is 5.26. The van der Waals surface area contributed by atoms with E-state index >= 15 is 0 Å². The first-order chi connectivity index (χ1) is 11.3. The van der Waals surface area contributed by atoms with Crippen LogP contribution in [0.15, 0.2) is 11.0 Å². The molecule has 6 heteroatoms. The lowest BCUT2D eigenvalue weighted by Crippen LogP contribution is -2.45. The van der Waals surface area contributed by atoms with Gasteiger partial charge >= 0.3 is 5.69 Å². The van der Waals surface area contributed by atoms with Gasteiger partial charge in [0, 0.05) is 17.7 Å². The molecule has 2 saturated heterocycles. The van der Waals surface area contributed by atoms with Crippen LogP contribution in [0, 0.1) is 23.7 Å². The van der Waals surface area contributed by atoms with Crippen molar-refractivity contribution in [3.63, 3.8) is 0 Å². The lowest BCUT2D eigenvalue weighted by Gasteiger charge is -2.40. The molecule has 0 amide bonds. The van der Waals surface area contributed by atoms with Crippen LogP contribution < -0.4 is 11.4 Å². The predicted octanol–water partition coefficient (Wildman–Crippen LogP) is 2.90. The van der Waals surface area contributed by atoms with E-state index in [0.29, 0.717) is 6.61 Å². The van der Waals surface area contributed by atoms with Crippen LogP contribution in [0.3, 0.4) is 0 Å². The van der Waals surface area contributed by atoms with Crippen LogP contribution in [0.2, 0.25) is 0 Å². The molecular formula is C19H31N3O3. The Morgan fingerprint density at radius 3 is 2.52 bits per heavy atom. The maximum Gasteiger partial charge on any atom is 0.351 e. The van der Waals surface area contributed by atoms with Gasteiger partial charge in [0.1, 0.15) is 17.5 Å². The Balaban J connectivity index is 2.06. The van der Waals surface area contributed by atoms with Crippen LogP contribution in [-0.4, -0.2) is 27.9 Å². The molecular weight excluding hydrogens is 318 g/mol. The molecule has 2 aliphatic rings. The molecule has 0 aliphatic carbocycles. The van der Waals surface area contributed by atoms with Crippen molar-refractivity contribution >= 4 is 5.82 Å². The highest BCUT2D eigenvalue weighted by Crippen LogP contribution is 2.58. The average Bonchev–Trinajstić information content (AvgIpc) is 2.92. The SMILES string of the molecule is Cc1cn(C2O[C@]3(CC(C)(C)C)COC2C3C(C)(C)C)c(=O)nc1N. The van der Waals surface area contributed by atoms with Crippen molar-refractivity contribution in [1.29, 1.82) is 0 Å². The molecule has 25 heavy (non-hydrogen) atoms. The summed E-state index contributed by atoms with van der Waals surface area (Å²) in [5.41, 5.74) is 5.86. The molecule has 140 valence electrons. The van der Waals surface area contributed by atoms with E-state index in [1.807, 2.05) is 6.92 Å². The number of fused-ring (bicyclic) bond motifs is 2. The van der Waals surface area contributed by atoms with Crippen molar-refractivity contribution in [2.45, 2.75) is 72.8 Å². The quantitative estimate of drug-likeness (QED) is 0.888. The number of anilines is 1. The second-order valence-corrected chi connectivity index (χ2v) is 9.93. The number of rotatable bonds is 2. The fourth-order valence-corrected chi connectivity index (χ4v) is 4.74. The Hall–Kier alpha value is -1.40. The Kier molecular flexibility index (Phi) is 4.08. The van der Waals surface area contributed by atoms with E-state index in [4.69, 9.17) is 15.2 Å². The van der Waals surface area contributed by atoms with Crippen LogP contribution in [-0.2, 0) is 9.47 Å². The van der Waals surface area contributed by atoms with Crippen LogP contribution in [0.5, 0.6) is 0 Å². The molecule has 1 aromatic heterocycles. The fourth-order valence-electron chi connectivity index (χ4n) is 4.74. The summed E-state index contributed by atoms with van der Waals surface area (Å²) in [6.45, 7) is 15.7. The summed E-state index contributed by atoms with van der Waals surface area (Å²) in [4.78, 5) is 16.4. The fraction of sp³-hybridized carbons (Fsp3) is 0.789. The normalized spacial score (nSPS) is 32.4. The van der Waals surface area contributed by atoms with Crippen molar-refractivity contribution in [3.8, 4) is 0 Å². The summed E-state index contributed by atoms with van der Waals surface area (Å²) < 4.78 is 14.3. The number of nitrogens with zero attached hydrogens (tertiary/aromatic N) is 2. The van der Waals surface area contributed by atoms with Crippen LogP contribution >= 0.6 is 0 Å². The highest BCUT2D eigenvalue weighted by molar-refractivity contribution is 5.35. The van der Waals surface area contributed by atoms with E-state index in [9.17, 15) is 4.79 Å². The molecule has 0 spiro atoms. The summed E-state index contributed by atoms with van der Waals surface area (Å²) in [6.07, 6.45) is 2.00. The zero-order valence-electron chi connectivity index (χ0n) is 16.4. The molecule has 3 rings (SSSR count). The van der Waals surface area contributed by atoms with Crippen LogP contribution in [0.4, 0.5) is 5.82 Å². The van der Waals surface area contributed by atoms with Gasteiger partial charge in [-0.25, -0.2) is 4.79 Å². The summed E-state index contributed by atoms with van der Waals surface area (Å²) in [7, 11) is 0. The van der Waals surface area contributed by atoms with Crippen molar-refractivity contribution in [1.82, 2.24) is 9.55 Å². The minimum absolute atomic E-state index is 0.00105. The van der Waals surface area contributed by atoms with Gasteiger partial charge in [0.25, 0.3) is 0 Å². The average molecular weight is 349 g/mol. The van der Waals surface area contributed by atoms with E-state index in [2.05, 4.69) is 46.5 Å². The van der Waals surface area contributed by atoms with Crippen molar-refractivity contribution < 1.29 is 9.47 Å². The Morgan fingerprint density at radius 2 is 1.96 bits per heavy atom. The standard InChI is InChI=1S/C19H31N3O3/c1-11-8-22(16(23)21-14(11)20)15-12-13(18(5,6)7)19(25-15,10-24-12)9-17(2,3)4/h8,12-13,15H,9-10H2,1-7H3,(H2,20,21,23)/t12?,13?,15?,19-/m1/s1. The molecule has 2 bridgehead atoms. The minimum Gasteiger partial charge on any atom is -0.383 e. The summed E-state index contributed by atoms with van der Waals surface area (Å²) >= 11 is 0. The van der Waals surface area contributed by atoms with Gasteiger partial charge in [-0.2, -0.15) is 4.98 Å². The monoisotopic (exact) mass is 349 g/mol. The number of nitrogens with two attached hydrogens (primary N) is 1. The maximum atomic E-state index is 12.4. The second kappa shape index (κ2) is 5.55. The van der Waals surface area contributed by atoms with Gasteiger partial charge in [-0.15, -0.1) is 0 Å². The van der Waals surface area contributed by atoms with E-state index in [1.54, 1.807) is 10.8 Å². The zero-order chi connectivity index (χ0) is 18.8. The third-order valence-corrected chi connectivity index (χ3v) is 5.26. The summed E-state index contributed by atoms with van der Waals surface area (Å²) in [5.74, 6) is 0.469. The zero-order valence-corrected chi connectivity index (χ0v) is 16.4. The summed E-state index contributed by atoms with van der Waals surface area (Å²) in [6, 6.07) is 0. The molecule has 2 aliphatic heterocycles. The smallest absolute Gasteiger partial charge is 0.351 e. The van der Waals surface area contributed by atoms with E-state index in [1.165, 1.54) is 0 Å². The molecule has 0 aromatic carbocycles. The van der Waals surface area contributed by atoms with Crippen molar-refractivity contribution in [2.75, 3.05) is 12.3 Å². The highest BCUT2D eigenvalue weighted by atomic mass is 16.6. The van der Waals surface area contributed by atoms with Gasteiger partial charge in [0.15, 0.2) is 6.23 Å². The molecule has 0 radical (unpaired) electrons. The number of hydrogen-bond acceptors (Lipinski definition) is 5. The Labute approximate surface area is 149 Å². The Bertz CT molecular complexity index is 729. The van der Waals surface area contributed by atoms with Crippen molar-refractivity contribution in [2.24, 2.45) is 16.7 Å². The maximum absolute atomic E-state index is 12.4. The molecule has 1 aromatic rings. The second-order valence-electron chi connectivity index (χ2n) is 9.93. The number of ether oxygens (including phenoxy) is 2. The number of aromatic nitrogens is 2. The minimum atomic E-state index is -0.459. The number of hydrogen-bond donors (Lipinski definition) is 1. The van der Waals surface area contributed by atoms with Crippen LogP contribution in [0.1, 0.15) is 59.8 Å². The van der Waals surface area contributed by atoms with Gasteiger partial charge in [-0.1, -0.05) is 41.5 Å². The lowest BCUT2D eigenvalue weighted by molar-refractivity contribution is -0.184. The van der Waals surface area contributed by atoms with Crippen LogP contribution in [0.25, 0.3) is 0 Å². The first-order valence-electron chi connectivity index (χ1n) is 8.99.